The maximum absolute atomic E-state index is 12.8. The Morgan fingerprint density at radius 2 is 1.81 bits per heavy atom. The Kier molecular flexibility index (Phi) is 5.59. The second kappa shape index (κ2) is 6.87. The molecule has 0 aliphatic heterocycles. The van der Waals surface area contributed by atoms with Gasteiger partial charge in [0.2, 0.25) is 5.91 Å². The lowest BCUT2D eigenvalue weighted by molar-refractivity contribution is -0.139. The van der Waals surface area contributed by atoms with E-state index in [9.17, 15) is 4.79 Å². The predicted octanol–water partition coefficient (Wildman–Crippen LogP) is 3.40. The highest BCUT2D eigenvalue weighted by Crippen LogP contribution is 2.46. The van der Waals surface area contributed by atoms with E-state index in [2.05, 4.69) is 12.2 Å². The van der Waals surface area contributed by atoms with E-state index in [0.717, 1.165) is 38.5 Å². The Balaban J connectivity index is 0.00000161. The summed E-state index contributed by atoms with van der Waals surface area (Å²) in [5.41, 5.74) is 6.16. The normalized spacial score (nSPS) is 37.0. The highest BCUT2D eigenvalue weighted by molar-refractivity contribution is 5.85. The number of fused-ring (bicyclic) bond motifs is 2. The third-order valence-electron chi connectivity index (χ3n) is 6.20. The molecule has 3 nitrogen and oxygen atoms in total. The minimum Gasteiger partial charge on any atom is -0.352 e. The van der Waals surface area contributed by atoms with Gasteiger partial charge in [0.15, 0.2) is 0 Å². The van der Waals surface area contributed by atoms with Crippen molar-refractivity contribution in [2.24, 2.45) is 23.0 Å². The van der Waals surface area contributed by atoms with Crippen LogP contribution in [-0.2, 0) is 4.79 Å². The van der Waals surface area contributed by atoms with Crippen LogP contribution in [0, 0.1) is 17.3 Å². The summed E-state index contributed by atoms with van der Waals surface area (Å²) in [6, 6.07) is 0.789. The second-order valence-electron chi connectivity index (χ2n) is 7.57. The molecule has 0 aromatic carbocycles. The van der Waals surface area contributed by atoms with E-state index in [0.29, 0.717) is 29.8 Å². The van der Waals surface area contributed by atoms with Crippen molar-refractivity contribution in [2.45, 2.75) is 83.2 Å². The SMILES string of the molecule is CCCC1(C(=O)NC2C3CCCC2CC(N)C3)CCC1.Cl. The maximum atomic E-state index is 12.8. The van der Waals surface area contributed by atoms with Gasteiger partial charge in [-0.25, -0.2) is 0 Å². The highest BCUT2D eigenvalue weighted by Gasteiger charge is 2.46. The molecule has 122 valence electrons. The molecule has 0 radical (unpaired) electrons. The summed E-state index contributed by atoms with van der Waals surface area (Å²) in [5, 5.41) is 3.47. The summed E-state index contributed by atoms with van der Waals surface area (Å²) in [6.45, 7) is 2.20. The number of carbonyl (C=O) groups is 1. The first-order chi connectivity index (χ1) is 9.64. The Morgan fingerprint density at radius 3 is 2.29 bits per heavy atom. The van der Waals surface area contributed by atoms with E-state index >= 15 is 0 Å². The van der Waals surface area contributed by atoms with E-state index in [1.807, 2.05) is 0 Å². The Hall–Kier alpha value is -0.280. The van der Waals surface area contributed by atoms with Crippen molar-refractivity contribution in [2.75, 3.05) is 0 Å². The van der Waals surface area contributed by atoms with E-state index in [1.165, 1.54) is 25.7 Å². The maximum Gasteiger partial charge on any atom is 0.226 e. The monoisotopic (exact) mass is 314 g/mol. The molecule has 2 atom stereocenters. The fourth-order valence-electron chi connectivity index (χ4n) is 5.00. The van der Waals surface area contributed by atoms with Gasteiger partial charge in [0.25, 0.3) is 0 Å². The first-order valence-electron chi connectivity index (χ1n) is 8.71. The molecule has 4 heteroatoms. The van der Waals surface area contributed by atoms with Crippen LogP contribution in [0.1, 0.15) is 71.1 Å². The van der Waals surface area contributed by atoms with E-state index in [-0.39, 0.29) is 17.8 Å². The summed E-state index contributed by atoms with van der Waals surface area (Å²) >= 11 is 0. The molecule has 3 aliphatic carbocycles. The number of carbonyl (C=O) groups excluding carboxylic acids is 1. The minimum atomic E-state index is -0.0113. The molecular weight excluding hydrogens is 284 g/mol. The van der Waals surface area contributed by atoms with Crippen LogP contribution < -0.4 is 11.1 Å². The first-order valence-corrected chi connectivity index (χ1v) is 8.71. The quantitative estimate of drug-likeness (QED) is 0.835. The summed E-state index contributed by atoms with van der Waals surface area (Å²) in [5.74, 6) is 1.64. The number of nitrogens with two attached hydrogens (primary N) is 1. The molecule has 0 aromatic rings. The van der Waals surface area contributed by atoms with Gasteiger partial charge in [-0.1, -0.05) is 26.2 Å². The van der Waals surface area contributed by atoms with Crippen molar-refractivity contribution in [3.05, 3.63) is 0 Å². The van der Waals surface area contributed by atoms with E-state index < -0.39 is 0 Å². The van der Waals surface area contributed by atoms with Crippen LogP contribution >= 0.6 is 12.4 Å². The van der Waals surface area contributed by atoms with Crippen LogP contribution in [0.4, 0.5) is 0 Å². The zero-order valence-corrected chi connectivity index (χ0v) is 14.1. The average molecular weight is 315 g/mol. The van der Waals surface area contributed by atoms with E-state index in [4.69, 9.17) is 5.73 Å². The molecule has 3 fully saturated rings. The highest BCUT2D eigenvalue weighted by atomic mass is 35.5. The fraction of sp³-hybridized carbons (Fsp3) is 0.941. The predicted molar refractivity (Wildman–Crippen MR) is 88.4 cm³/mol. The van der Waals surface area contributed by atoms with Crippen molar-refractivity contribution >= 4 is 18.3 Å². The molecule has 1 amide bonds. The number of nitrogens with one attached hydrogen (secondary N) is 1. The molecule has 21 heavy (non-hydrogen) atoms. The Bertz CT molecular complexity index is 356. The van der Waals surface area contributed by atoms with Gasteiger partial charge < -0.3 is 11.1 Å². The van der Waals surface area contributed by atoms with E-state index in [1.54, 1.807) is 0 Å². The second-order valence-corrected chi connectivity index (χ2v) is 7.57. The van der Waals surface area contributed by atoms with Crippen molar-refractivity contribution in [1.29, 1.82) is 0 Å². The molecule has 3 aliphatic rings. The van der Waals surface area contributed by atoms with Crippen molar-refractivity contribution in [1.82, 2.24) is 5.32 Å². The van der Waals surface area contributed by atoms with Crippen LogP contribution in [0.15, 0.2) is 0 Å². The van der Waals surface area contributed by atoms with Gasteiger partial charge in [-0.05, 0) is 56.8 Å². The Morgan fingerprint density at radius 1 is 1.19 bits per heavy atom. The number of amides is 1. The van der Waals surface area contributed by atoms with Crippen LogP contribution in [0.25, 0.3) is 0 Å². The van der Waals surface area contributed by atoms with Crippen molar-refractivity contribution in [3.63, 3.8) is 0 Å². The standard InChI is InChI=1S/C17H30N2O.ClH/c1-2-7-17(8-4-9-17)16(20)19-15-12-5-3-6-13(15)11-14(18)10-12;/h12-15H,2-11,18H2,1H3,(H,19,20);1H. The molecular formula is C17H31ClN2O. The topological polar surface area (TPSA) is 55.1 Å². The Labute approximate surface area is 135 Å². The third-order valence-corrected chi connectivity index (χ3v) is 6.20. The lowest BCUT2D eigenvalue weighted by atomic mass is 9.63. The zero-order chi connectivity index (χ0) is 14.2. The van der Waals surface area contributed by atoms with Gasteiger partial charge in [-0.15, -0.1) is 12.4 Å². The summed E-state index contributed by atoms with van der Waals surface area (Å²) in [4.78, 5) is 12.8. The zero-order valence-electron chi connectivity index (χ0n) is 13.3. The average Bonchev–Trinajstić information content (AvgIpc) is 2.34. The lowest BCUT2D eigenvalue weighted by Crippen LogP contribution is -2.57. The first kappa shape index (κ1) is 17.1. The van der Waals surface area contributed by atoms with Gasteiger partial charge in [0.1, 0.15) is 0 Å². The molecule has 0 saturated heterocycles. The summed E-state index contributed by atoms with van der Waals surface area (Å²) in [7, 11) is 0. The van der Waals surface area contributed by atoms with Crippen LogP contribution in [0.2, 0.25) is 0 Å². The number of hydrogen-bond donors (Lipinski definition) is 2. The number of rotatable bonds is 4. The molecule has 2 bridgehead atoms. The van der Waals surface area contributed by atoms with Crippen LogP contribution in [0.3, 0.4) is 0 Å². The van der Waals surface area contributed by atoms with Gasteiger partial charge in [0.05, 0.1) is 0 Å². The molecule has 3 rings (SSSR count). The number of halogens is 1. The van der Waals surface area contributed by atoms with Gasteiger partial charge in [0, 0.05) is 17.5 Å². The molecule has 0 aromatic heterocycles. The molecule has 0 heterocycles. The van der Waals surface area contributed by atoms with Gasteiger partial charge in [-0.2, -0.15) is 0 Å². The van der Waals surface area contributed by atoms with Crippen molar-refractivity contribution in [3.8, 4) is 0 Å². The molecule has 3 N–H and O–H groups in total. The number of hydrogen-bond acceptors (Lipinski definition) is 2. The minimum absolute atomic E-state index is 0. The fourth-order valence-corrected chi connectivity index (χ4v) is 5.00. The van der Waals surface area contributed by atoms with Gasteiger partial charge >= 0.3 is 0 Å². The molecule has 2 unspecified atom stereocenters. The summed E-state index contributed by atoms with van der Waals surface area (Å²) < 4.78 is 0. The molecule has 3 saturated carbocycles. The lowest BCUT2D eigenvalue weighted by Gasteiger charge is -2.48. The van der Waals surface area contributed by atoms with Crippen LogP contribution in [-0.4, -0.2) is 18.0 Å². The van der Waals surface area contributed by atoms with Crippen LogP contribution in [0.5, 0.6) is 0 Å². The molecule has 0 spiro atoms. The largest absolute Gasteiger partial charge is 0.352 e. The van der Waals surface area contributed by atoms with Crippen molar-refractivity contribution < 1.29 is 4.79 Å². The third kappa shape index (κ3) is 3.24. The summed E-state index contributed by atoms with van der Waals surface area (Å²) in [6.07, 6.45) is 11.7. The smallest absolute Gasteiger partial charge is 0.226 e. The van der Waals surface area contributed by atoms with Gasteiger partial charge in [-0.3, -0.25) is 4.79 Å².